The molecule has 0 amide bonds. The number of aromatic nitrogens is 2. The number of aliphatic hydroxyl groups excluding tert-OH is 1. The number of hydrazone groups is 1. The molecule has 0 radical (unpaired) electrons. The Morgan fingerprint density at radius 3 is 2.53 bits per heavy atom. The van der Waals surface area contributed by atoms with Crippen LogP contribution in [0, 0.1) is 10.1 Å². The van der Waals surface area contributed by atoms with Crippen molar-refractivity contribution in [1.29, 1.82) is 0 Å². The second-order valence-electron chi connectivity index (χ2n) is 6.81. The summed E-state index contributed by atoms with van der Waals surface area (Å²) in [5, 5.41) is 36.4. The Kier molecular flexibility index (Phi) is 5.60. The number of fused-ring (bicyclic) bond motifs is 1. The lowest BCUT2D eigenvalue weighted by Gasteiger charge is -2.15. The molecule has 10 heteroatoms. The minimum absolute atomic E-state index is 0.131. The minimum Gasteiger partial charge on any atom is -0.508 e. The maximum atomic E-state index is 12.8. The highest BCUT2D eigenvalue weighted by molar-refractivity contribution is 6.04. The summed E-state index contributed by atoms with van der Waals surface area (Å²) in [4.78, 5) is 30.1. The zero-order chi connectivity index (χ0) is 22.7. The predicted octanol–water partition coefficient (Wildman–Crippen LogP) is 3.09. The third-order valence-electron chi connectivity index (χ3n) is 4.70. The third kappa shape index (κ3) is 4.16. The van der Waals surface area contributed by atoms with Crippen molar-refractivity contribution in [3.8, 4) is 5.75 Å². The summed E-state index contributed by atoms with van der Waals surface area (Å²) in [5.74, 6) is -0.180. The van der Waals surface area contributed by atoms with E-state index in [0.717, 1.165) is 0 Å². The first-order valence-electron chi connectivity index (χ1n) is 9.47. The number of rotatable bonds is 6. The molecule has 4 rings (SSSR count). The molecule has 0 aliphatic rings. The molecule has 0 bridgehead atoms. The molecule has 10 nitrogen and oxygen atoms in total. The molecule has 4 N–H and O–H groups in total. The Hall–Kier alpha value is -4.57. The molecule has 1 heterocycles. The average Bonchev–Trinajstić information content (AvgIpc) is 2.79. The van der Waals surface area contributed by atoms with Crippen molar-refractivity contribution in [2.24, 2.45) is 5.10 Å². The summed E-state index contributed by atoms with van der Waals surface area (Å²) >= 11 is 0. The number of nitrogens with zero attached hydrogens (tertiary/aromatic N) is 3. The van der Waals surface area contributed by atoms with Crippen LogP contribution in [0.3, 0.4) is 0 Å². The van der Waals surface area contributed by atoms with E-state index in [0.29, 0.717) is 5.69 Å². The quantitative estimate of drug-likeness (QED) is 0.208. The highest BCUT2D eigenvalue weighted by Gasteiger charge is 2.25. The van der Waals surface area contributed by atoms with E-state index in [2.05, 4.69) is 20.5 Å². The lowest BCUT2D eigenvalue weighted by molar-refractivity contribution is -0.384. The Bertz CT molecular complexity index is 1380. The first-order valence-corrected chi connectivity index (χ1v) is 9.47. The maximum Gasteiger partial charge on any atom is 0.276 e. The van der Waals surface area contributed by atoms with Crippen LogP contribution in [-0.4, -0.2) is 30.8 Å². The highest BCUT2D eigenvalue weighted by atomic mass is 16.6. The summed E-state index contributed by atoms with van der Waals surface area (Å²) in [6.45, 7) is 0. The van der Waals surface area contributed by atoms with Gasteiger partial charge in [-0.25, -0.2) is 4.98 Å². The number of hydrogen-bond donors (Lipinski definition) is 4. The molecule has 32 heavy (non-hydrogen) atoms. The van der Waals surface area contributed by atoms with Crippen LogP contribution >= 0.6 is 0 Å². The maximum absolute atomic E-state index is 12.8. The fourth-order valence-corrected chi connectivity index (χ4v) is 3.11. The van der Waals surface area contributed by atoms with Crippen LogP contribution in [0.25, 0.3) is 11.0 Å². The lowest BCUT2D eigenvalue weighted by Crippen LogP contribution is -2.26. The van der Waals surface area contributed by atoms with E-state index in [-0.39, 0.29) is 39.4 Å². The number of hydrogen-bond acceptors (Lipinski definition) is 8. The molecule has 0 fully saturated rings. The number of anilines is 1. The van der Waals surface area contributed by atoms with Crippen molar-refractivity contribution < 1.29 is 15.1 Å². The number of nitro groups is 1. The average molecular weight is 431 g/mol. The third-order valence-corrected chi connectivity index (χ3v) is 4.70. The zero-order valence-corrected chi connectivity index (χ0v) is 16.5. The van der Waals surface area contributed by atoms with Crippen LogP contribution in [0.1, 0.15) is 17.4 Å². The molecule has 4 aromatic rings. The van der Waals surface area contributed by atoms with Crippen LogP contribution in [0.2, 0.25) is 0 Å². The van der Waals surface area contributed by atoms with Gasteiger partial charge in [-0.3, -0.25) is 20.3 Å². The first-order chi connectivity index (χ1) is 15.4. The van der Waals surface area contributed by atoms with E-state index < -0.39 is 16.6 Å². The van der Waals surface area contributed by atoms with Crippen LogP contribution in [0.15, 0.2) is 82.7 Å². The van der Waals surface area contributed by atoms with E-state index in [1.807, 2.05) is 6.07 Å². The number of non-ortho nitro benzene ring substituents is 1. The lowest BCUT2D eigenvalue weighted by atomic mass is 10.0. The number of nitrogens with one attached hydrogen (secondary N) is 2. The monoisotopic (exact) mass is 431 g/mol. The molecule has 160 valence electrons. The number of para-hydroxylation sites is 2. The molecule has 0 aliphatic heterocycles. The molecule has 0 saturated carbocycles. The molecular formula is C22H17N5O5. The van der Waals surface area contributed by atoms with E-state index in [9.17, 15) is 25.1 Å². The molecule has 0 aliphatic carbocycles. The minimum atomic E-state index is -1.49. The summed E-state index contributed by atoms with van der Waals surface area (Å²) in [6.07, 6.45) is -1.49. The van der Waals surface area contributed by atoms with Crippen molar-refractivity contribution >= 4 is 28.1 Å². The normalized spacial score (nSPS) is 12.5. The van der Waals surface area contributed by atoms with Gasteiger partial charge in [0.05, 0.1) is 21.6 Å². The van der Waals surface area contributed by atoms with Gasteiger partial charge in [0.15, 0.2) is 5.69 Å². The van der Waals surface area contributed by atoms with Gasteiger partial charge < -0.3 is 15.2 Å². The summed E-state index contributed by atoms with van der Waals surface area (Å²) < 4.78 is 0. The van der Waals surface area contributed by atoms with Crippen molar-refractivity contribution in [3.63, 3.8) is 0 Å². The van der Waals surface area contributed by atoms with Gasteiger partial charge in [-0.05, 0) is 24.3 Å². The standard InChI is InChI=1S/C22H17N5O5/c28-18-9-5-4-8-15(18)21(29)19(26-25-13-6-2-1-3-7-13)20-22(30)24-17-12-14(27(31)32)10-11-16(17)23-20/h1-12,21,25,28-29H,(H,24,30)/b26-19+/t21-/m1/s1. The molecule has 1 atom stereocenters. The predicted molar refractivity (Wildman–Crippen MR) is 119 cm³/mol. The summed E-state index contributed by atoms with van der Waals surface area (Å²) in [6, 6.07) is 18.8. The molecule has 0 spiro atoms. The molecule has 1 aromatic heterocycles. The van der Waals surface area contributed by atoms with Crippen molar-refractivity contribution in [2.75, 3.05) is 5.43 Å². The zero-order valence-electron chi connectivity index (χ0n) is 16.5. The molecular weight excluding hydrogens is 414 g/mol. The number of aromatic hydroxyl groups is 1. The second-order valence-corrected chi connectivity index (χ2v) is 6.81. The van der Waals surface area contributed by atoms with Gasteiger partial charge >= 0.3 is 0 Å². The number of phenolic OH excluding ortho intramolecular Hbond substituents is 1. The van der Waals surface area contributed by atoms with Crippen molar-refractivity contribution in [2.45, 2.75) is 6.10 Å². The van der Waals surface area contributed by atoms with Crippen molar-refractivity contribution in [1.82, 2.24) is 9.97 Å². The van der Waals surface area contributed by atoms with E-state index in [1.54, 1.807) is 36.4 Å². The van der Waals surface area contributed by atoms with Gasteiger partial charge in [0.25, 0.3) is 11.2 Å². The fourth-order valence-electron chi connectivity index (χ4n) is 3.11. The number of benzene rings is 3. The van der Waals surface area contributed by atoms with Gasteiger partial charge in [0.1, 0.15) is 17.6 Å². The Morgan fingerprint density at radius 2 is 1.81 bits per heavy atom. The van der Waals surface area contributed by atoms with E-state index in [4.69, 9.17) is 0 Å². The Labute approximate surface area is 180 Å². The number of aromatic amines is 1. The molecule has 0 unspecified atom stereocenters. The fraction of sp³-hybridized carbons (Fsp3) is 0.0455. The van der Waals surface area contributed by atoms with Gasteiger partial charge in [0, 0.05) is 17.7 Å². The van der Waals surface area contributed by atoms with Crippen LogP contribution in [-0.2, 0) is 0 Å². The highest BCUT2D eigenvalue weighted by Crippen LogP contribution is 2.27. The van der Waals surface area contributed by atoms with Crippen LogP contribution in [0.5, 0.6) is 5.75 Å². The van der Waals surface area contributed by atoms with E-state index >= 15 is 0 Å². The van der Waals surface area contributed by atoms with Crippen LogP contribution in [0.4, 0.5) is 11.4 Å². The topological polar surface area (TPSA) is 154 Å². The number of H-pyrrole nitrogens is 1. The second kappa shape index (κ2) is 8.66. The van der Waals surface area contributed by atoms with Gasteiger partial charge in [-0.2, -0.15) is 5.10 Å². The van der Waals surface area contributed by atoms with Crippen molar-refractivity contribution in [3.05, 3.63) is 105 Å². The summed E-state index contributed by atoms with van der Waals surface area (Å²) in [5.41, 5.74) is 2.69. The SMILES string of the molecule is O=c1[nH]c2cc([N+](=O)[O-])ccc2nc1/C(=N\Nc1ccccc1)[C@H](O)c1ccccc1O. The molecule has 3 aromatic carbocycles. The van der Waals surface area contributed by atoms with E-state index in [1.165, 1.54) is 30.3 Å². The van der Waals surface area contributed by atoms with Gasteiger partial charge in [-0.1, -0.05) is 36.4 Å². The first kappa shape index (κ1) is 20.7. The number of nitro benzene ring substituents is 1. The van der Waals surface area contributed by atoms with Gasteiger partial charge in [-0.15, -0.1) is 0 Å². The van der Waals surface area contributed by atoms with Gasteiger partial charge in [0.2, 0.25) is 0 Å². The Balaban J connectivity index is 1.85. The smallest absolute Gasteiger partial charge is 0.276 e. The Morgan fingerprint density at radius 1 is 1.09 bits per heavy atom. The largest absolute Gasteiger partial charge is 0.508 e. The molecule has 0 saturated heterocycles. The van der Waals surface area contributed by atoms with Crippen LogP contribution < -0.4 is 11.0 Å². The summed E-state index contributed by atoms with van der Waals surface area (Å²) in [7, 11) is 0. The number of phenols is 1. The number of aliphatic hydroxyl groups is 1.